The van der Waals surface area contributed by atoms with Gasteiger partial charge in [-0.3, -0.25) is 4.79 Å². The number of carboxylic acids is 1. The predicted molar refractivity (Wildman–Crippen MR) is 80.3 cm³/mol. The van der Waals surface area contributed by atoms with Gasteiger partial charge in [-0.15, -0.1) is 0 Å². The van der Waals surface area contributed by atoms with Crippen LogP contribution < -0.4 is 11.1 Å². The standard InChI is InChI=1S/C15H32N2O2/c1-2-3-4-5-6-7-8-9-13-17-14(15(18)19)11-10-12-16/h14,17H,2-13,16H2,1H3,(H,18,19)/t14-/m1/s1. The van der Waals surface area contributed by atoms with Crippen LogP contribution in [0.3, 0.4) is 0 Å². The summed E-state index contributed by atoms with van der Waals surface area (Å²) in [5.41, 5.74) is 5.40. The number of carbonyl (C=O) groups is 1. The van der Waals surface area contributed by atoms with Crippen molar-refractivity contribution >= 4 is 5.97 Å². The minimum atomic E-state index is -0.756. The first-order valence-corrected chi connectivity index (χ1v) is 7.88. The molecule has 0 aromatic heterocycles. The van der Waals surface area contributed by atoms with E-state index in [9.17, 15) is 4.79 Å². The summed E-state index contributed by atoms with van der Waals surface area (Å²) in [6.45, 7) is 3.59. The zero-order chi connectivity index (χ0) is 14.3. The Morgan fingerprint density at radius 1 is 1.05 bits per heavy atom. The van der Waals surface area contributed by atoms with E-state index in [0.29, 0.717) is 13.0 Å². The minimum Gasteiger partial charge on any atom is -0.480 e. The first-order chi connectivity index (χ1) is 9.22. The monoisotopic (exact) mass is 272 g/mol. The van der Waals surface area contributed by atoms with Gasteiger partial charge in [0.1, 0.15) is 6.04 Å². The topological polar surface area (TPSA) is 75.3 Å². The molecule has 0 bridgehead atoms. The van der Waals surface area contributed by atoms with Crippen LogP contribution in [-0.4, -0.2) is 30.2 Å². The fourth-order valence-corrected chi connectivity index (χ4v) is 2.17. The number of rotatable bonds is 14. The van der Waals surface area contributed by atoms with Gasteiger partial charge in [-0.05, 0) is 32.4 Å². The molecule has 0 fully saturated rings. The molecule has 114 valence electrons. The van der Waals surface area contributed by atoms with Gasteiger partial charge in [-0.2, -0.15) is 0 Å². The Labute approximate surface area is 118 Å². The summed E-state index contributed by atoms with van der Waals surface area (Å²) >= 11 is 0. The first-order valence-electron chi connectivity index (χ1n) is 7.88. The van der Waals surface area contributed by atoms with Gasteiger partial charge in [0.15, 0.2) is 0 Å². The van der Waals surface area contributed by atoms with Gasteiger partial charge >= 0.3 is 5.97 Å². The largest absolute Gasteiger partial charge is 0.480 e. The van der Waals surface area contributed by atoms with Crippen LogP contribution in [0.15, 0.2) is 0 Å². The summed E-state index contributed by atoms with van der Waals surface area (Å²) in [5.74, 6) is -0.756. The molecule has 0 aliphatic heterocycles. The normalized spacial score (nSPS) is 12.5. The Hall–Kier alpha value is -0.610. The summed E-state index contributed by atoms with van der Waals surface area (Å²) in [5, 5.41) is 12.1. The highest BCUT2D eigenvalue weighted by Gasteiger charge is 2.14. The average molecular weight is 272 g/mol. The molecular weight excluding hydrogens is 240 g/mol. The van der Waals surface area contributed by atoms with Crippen molar-refractivity contribution in [1.82, 2.24) is 5.32 Å². The molecule has 19 heavy (non-hydrogen) atoms. The summed E-state index contributed by atoms with van der Waals surface area (Å²) < 4.78 is 0. The second-order valence-electron chi connectivity index (χ2n) is 5.25. The Morgan fingerprint density at radius 3 is 2.16 bits per heavy atom. The molecule has 0 aliphatic carbocycles. The lowest BCUT2D eigenvalue weighted by Gasteiger charge is -2.13. The molecule has 4 nitrogen and oxygen atoms in total. The highest BCUT2D eigenvalue weighted by atomic mass is 16.4. The number of aliphatic carboxylic acids is 1. The van der Waals surface area contributed by atoms with Crippen LogP contribution in [-0.2, 0) is 4.79 Å². The first kappa shape index (κ1) is 18.4. The van der Waals surface area contributed by atoms with E-state index < -0.39 is 12.0 Å². The Morgan fingerprint density at radius 2 is 1.63 bits per heavy atom. The Bertz CT molecular complexity index is 210. The number of hydrogen-bond donors (Lipinski definition) is 3. The highest BCUT2D eigenvalue weighted by Crippen LogP contribution is 2.08. The van der Waals surface area contributed by atoms with Crippen LogP contribution in [0.1, 0.15) is 71.1 Å². The van der Waals surface area contributed by atoms with Crippen LogP contribution >= 0.6 is 0 Å². The van der Waals surface area contributed by atoms with E-state index in [2.05, 4.69) is 12.2 Å². The third kappa shape index (κ3) is 12.2. The maximum atomic E-state index is 11.0. The van der Waals surface area contributed by atoms with Crippen molar-refractivity contribution in [3.63, 3.8) is 0 Å². The van der Waals surface area contributed by atoms with Crippen molar-refractivity contribution in [2.45, 2.75) is 77.2 Å². The van der Waals surface area contributed by atoms with Gasteiger partial charge in [0, 0.05) is 0 Å². The molecule has 0 saturated heterocycles. The predicted octanol–water partition coefficient (Wildman–Crippen LogP) is 2.91. The number of nitrogens with one attached hydrogen (secondary N) is 1. The van der Waals surface area contributed by atoms with Gasteiger partial charge in [0.05, 0.1) is 0 Å². The SMILES string of the molecule is CCCCCCCCCCN[C@H](CCCN)C(=O)O. The average Bonchev–Trinajstić information content (AvgIpc) is 2.39. The summed E-state index contributed by atoms with van der Waals surface area (Å²) in [4.78, 5) is 11.0. The molecule has 0 unspecified atom stereocenters. The van der Waals surface area contributed by atoms with Crippen molar-refractivity contribution in [1.29, 1.82) is 0 Å². The van der Waals surface area contributed by atoms with E-state index >= 15 is 0 Å². The number of nitrogens with two attached hydrogens (primary N) is 1. The Balaban J connectivity index is 3.37. The van der Waals surface area contributed by atoms with E-state index in [-0.39, 0.29) is 0 Å². The van der Waals surface area contributed by atoms with E-state index in [0.717, 1.165) is 19.4 Å². The lowest BCUT2D eigenvalue weighted by atomic mass is 10.1. The van der Waals surface area contributed by atoms with Crippen molar-refractivity contribution < 1.29 is 9.90 Å². The van der Waals surface area contributed by atoms with E-state index in [1.54, 1.807) is 0 Å². The molecule has 4 heteroatoms. The third-order valence-corrected chi connectivity index (χ3v) is 3.42. The maximum absolute atomic E-state index is 11.0. The van der Waals surface area contributed by atoms with Crippen molar-refractivity contribution in [3.8, 4) is 0 Å². The summed E-state index contributed by atoms with van der Waals surface area (Å²) in [7, 11) is 0. The van der Waals surface area contributed by atoms with Crippen LogP contribution in [0.2, 0.25) is 0 Å². The van der Waals surface area contributed by atoms with Crippen LogP contribution in [0.25, 0.3) is 0 Å². The quantitative estimate of drug-likeness (QED) is 0.425. The zero-order valence-electron chi connectivity index (χ0n) is 12.5. The van der Waals surface area contributed by atoms with Crippen LogP contribution in [0, 0.1) is 0 Å². The molecule has 4 N–H and O–H groups in total. The molecule has 0 saturated carbocycles. The van der Waals surface area contributed by atoms with Gasteiger partial charge in [0.25, 0.3) is 0 Å². The Kier molecular flexibility index (Phi) is 13.4. The number of hydrogen-bond acceptors (Lipinski definition) is 3. The second-order valence-corrected chi connectivity index (χ2v) is 5.25. The highest BCUT2D eigenvalue weighted by molar-refractivity contribution is 5.73. The minimum absolute atomic E-state index is 0.423. The molecular formula is C15H32N2O2. The van der Waals surface area contributed by atoms with Crippen molar-refractivity contribution in [3.05, 3.63) is 0 Å². The second kappa shape index (κ2) is 13.8. The molecule has 0 aliphatic rings. The van der Waals surface area contributed by atoms with Crippen molar-refractivity contribution in [2.75, 3.05) is 13.1 Å². The molecule has 0 rings (SSSR count). The fraction of sp³-hybridized carbons (Fsp3) is 0.933. The lowest BCUT2D eigenvalue weighted by Crippen LogP contribution is -2.37. The lowest BCUT2D eigenvalue weighted by molar-refractivity contribution is -0.139. The smallest absolute Gasteiger partial charge is 0.320 e. The van der Waals surface area contributed by atoms with Gasteiger partial charge in [-0.1, -0.05) is 51.9 Å². The molecule has 0 heterocycles. The summed E-state index contributed by atoms with van der Waals surface area (Å²) in [6, 6.07) is -0.423. The number of carboxylic acid groups (broad SMARTS) is 1. The molecule has 0 aromatic rings. The van der Waals surface area contributed by atoms with Crippen LogP contribution in [0.4, 0.5) is 0 Å². The van der Waals surface area contributed by atoms with Crippen molar-refractivity contribution in [2.24, 2.45) is 5.73 Å². The van der Waals surface area contributed by atoms with E-state index in [1.165, 1.54) is 44.9 Å². The van der Waals surface area contributed by atoms with Gasteiger partial charge in [0.2, 0.25) is 0 Å². The maximum Gasteiger partial charge on any atom is 0.320 e. The zero-order valence-corrected chi connectivity index (χ0v) is 12.5. The van der Waals surface area contributed by atoms with Crippen LogP contribution in [0.5, 0.6) is 0 Å². The molecule has 0 aromatic carbocycles. The third-order valence-electron chi connectivity index (χ3n) is 3.42. The molecule has 1 atom stereocenters. The van der Waals surface area contributed by atoms with E-state index in [4.69, 9.17) is 10.8 Å². The van der Waals surface area contributed by atoms with Gasteiger partial charge < -0.3 is 16.2 Å². The molecule has 0 amide bonds. The molecule has 0 radical (unpaired) electrons. The number of unbranched alkanes of at least 4 members (excludes halogenated alkanes) is 7. The van der Waals surface area contributed by atoms with Gasteiger partial charge in [-0.25, -0.2) is 0 Å². The molecule has 0 spiro atoms. The fourth-order valence-electron chi connectivity index (χ4n) is 2.17. The van der Waals surface area contributed by atoms with E-state index in [1.807, 2.05) is 0 Å². The summed E-state index contributed by atoms with van der Waals surface area (Å²) in [6.07, 6.45) is 11.6.